The van der Waals surface area contributed by atoms with Crippen LogP contribution in [0.2, 0.25) is 0 Å². The first-order chi connectivity index (χ1) is 8.16. The molecule has 0 saturated carbocycles. The van der Waals surface area contributed by atoms with Crippen LogP contribution < -0.4 is 4.74 Å². The lowest BCUT2D eigenvalue weighted by Crippen LogP contribution is -2.30. The van der Waals surface area contributed by atoms with E-state index >= 15 is 0 Å². The van der Waals surface area contributed by atoms with Crippen molar-refractivity contribution in [1.82, 2.24) is 0 Å². The van der Waals surface area contributed by atoms with Gasteiger partial charge in [-0.1, -0.05) is 22.0 Å². The summed E-state index contributed by atoms with van der Waals surface area (Å²) in [6.07, 6.45) is -4.61. The Hall–Kier alpha value is -0.760. The molecular formula is C10H10BrF3O3S. The molecule has 1 atom stereocenters. The third-order valence-electron chi connectivity index (χ3n) is 2.12. The van der Waals surface area contributed by atoms with Gasteiger partial charge in [-0.05, 0) is 18.2 Å². The molecule has 3 nitrogen and oxygen atoms in total. The van der Waals surface area contributed by atoms with Gasteiger partial charge >= 0.3 is 6.18 Å². The molecule has 0 saturated heterocycles. The summed E-state index contributed by atoms with van der Waals surface area (Å²) >= 11 is 2.33. The Morgan fingerprint density at radius 1 is 1.39 bits per heavy atom. The van der Waals surface area contributed by atoms with Crippen LogP contribution in [0.5, 0.6) is 5.75 Å². The summed E-state index contributed by atoms with van der Waals surface area (Å²) in [5, 5.41) is 0. The summed E-state index contributed by atoms with van der Waals surface area (Å²) in [5.74, 6) is -0.780. The topological polar surface area (TPSA) is 43.4 Å². The summed E-state index contributed by atoms with van der Waals surface area (Å²) in [6, 6.07) is 5.33. The quantitative estimate of drug-likeness (QED) is 0.787. The Labute approximate surface area is 111 Å². The normalized spacial score (nSPS) is 14.3. The summed E-state index contributed by atoms with van der Waals surface area (Å²) < 4.78 is 65.3. The average molecular weight is 347 g/mol. The highest BCUT2D eigenvalue weighted by Gasteiger charge is 2.40. The molecule has 0 fully saturated rings. The molecule has 102 valence electrons. The third-order valence-corrected chi connectivity index (χ3v) is 5.14. The van der Waals surface area contributed by atoms with Gasteiger partial charge in [-0.15, -0.1) is 0 Å². The third kappa shape index (κ3) is 3.88. The molecule has 0 aliphatic carbocycles. The molecule has 0 spiro atoms. The number of halogens is 4. The molecule has 1 aromatic carbocycles. The van der Waals surface area contributed by atoms with Crippen molar-refractivity contribution in [2.45, 2.75) is 15.9 Å². The van der Waals surface area contributed by atoms with Gasteiger partial charge in [0, 0.05) is 0 Å². The number of ether oxygens (including phenoxy) is 1. The zero-order chi connectivity index (χ0) is 14.0. The monoisotopic (exact) mass is 346 g/mol. The molecule has 0 radical (unpaired) electrons. The Morgan fingerprint density at radius 3 is 2.50 bits per heavy atom. The fourth-order valence-electron chi connectivity index (χ4n) is 1.18. The van der Waals surface area contributed by atoms with E-state index in [9.17, 15) is 21.6 Å². The summed E-state index contributed by atoms with van der Waals surface area (Å²) in [5.41, 5.74) is 0. The molecule has 1 rings (SSSR count). The Kier molecular flexibility index (Phi) is 4.66. The SMILES string of the molecule is COc1cccc(S(=O)(=O)CC(Br)C(F)(F)F)c1. The van der Waals surface area contributed by atoms with Crippen molar-refractivity contribution in [1.29, 1.82) is 0 Å². The molecule has 0 aliphatic rings. The number of rotatable bonds is 4. The Morgan fingerprint density at radius 2 is 2.00 bits per heavy atom. The van der Waals surface area contributed by atoms with Gasteiger partial charge in [-0.3, -0.25) is 0 Å². The van der Waals surface area contributed by atoms with E-state index in [0.29, 0.717) is 0 Å². The second-order valence-corrected chi connectivity index (χ2v) is 6.61. The molecular weight excluding hydrogens is 337 g/mol. The first-order valence-electron chi connectivity index (χ1n) is 4.74. The van der Waals surface area contributed by atoms with E-state index in [1.54, 1.807) is 0 Å². The van der Waals surface area contributed by atoms with Gasteiger partial charge in [0.25, 0.3) is 0 Å². The van der Waals surface area contributed by atoms with E-state index in [-0.39, 0.29) is 10.6 Å². The molecule has 1 aromatic rings. The van der Waals surface area contributed by atoms with Gasteiger partial charge in [-0.25, -0.2) is 8.42 Å². The number of hydrogen-bond acceptors (Lipinski definition) is 3. The minimum absolute atomic E-state index is 0.199. The van der Waals surface area contributed by atoms with Crippen LogP contribution in [0.15, 0.2) is 29.2 Å². The van der Waals surface area contributed by atoms with E-state index in [4.69, 9.17) is 4.74 Å². The van der Waals surface area contributed by atoms with Crippen LogP contribution in [-0.2, 0) is 9.84 Å². The van der Waals surface area contributed by atoms with Crippen LogP contribution in [0.3, 0.4) is 0 Å². The molecule has 0 bridgehead atoms. The van der Waals surface area contributed by atoms with Gasteiger partial charge < -0.3 is 4.74 Å². The van der Waals surface area contributed by atoms with E-state index in [1.807, 2.05) is 0 Å². The number of sulfone groups is 1. The first-order valence-corrected chi connectivity index (χ1v) is 7.31. The van der Waals surface area contributed by atoms with E-state index in [1.165, 1.54) is 31.4 Å². The second kappa shape index (κ2) is 5.48. The van der Waals surface area contributed by atoms with Crippen LogP contribution in [0.25, 0.3) is 0 Å². The Balaban J connectivity index is 3.00. The van der Waals surface area contributed by atoms with Crippen LogP contribution in [0, 0.1) is 0 Å². The second-order valence-electron chi connectivity index (χ2n) is 3.47. The Bertz CT molecular complexity index is 513. The summed E-state index contributed by atoms with van der Waals surface area (Å²) in [6.45, 7) is 0. The van der Waals surface area contributed by atoms with Crippen molar-refractivity contribution in [2.24, 2.45) is 0 Å². The largest absolute Gasteiger partial charge is 0.497 e. The molecule has 0 aromatic heterocycles. The lowest BCUT2D eigenvalue weighted by atomic mass is 10.3. The number of hydrogen-bond donors (Lipinski definition) is 0. The average Bonchev–Trinajstić information content (AvgIpc) is 2.27. The van der Waals surface area contributed by atoms with Gasteiger partial charge in [0.05, 0.1) is 17.8 Å². The minimum atomic E-state index is -4.61. The maximum atomic E-state index is 12.3. The zero-order valence-electron chi connectivity index (χ0n) is 9.24. The highest BCUT2D eigenvalue weighted by Crippen LogP contribution is 2.29. The van der Waals surface area contributed by atoms with Crippen molar-refractivity contribution in [2.75, 3.05) is 12.9 Å². The molecule has 0 N–H and O–H groups in total. The maximum Gasteiger partial charge on any atom is 0.402 e. The van der Waals surface area contributed by atoms with Crippen molar-refractivity contribution in [3.8, 4) is 5.75 Å². The van der Waals surface area contributed by atoms with E-state index in [2.05, 4.69) is 15.9 Å². The van der Waals surface area contributed by atoms with Crippen molar-refractivity contribution < 1.29 is 26.3 Å². The van der Waals surface area contributed by atoms with Gasteiger partial charge in [0.2, 0.25) is 0 Å². The maximum absolute atomic E-state index is 12.3. The van der Waals surface area contributed by atoms with Crippen LogP contribution in [-0.4, -0.2) is 32.3 Å². The van der Waals surface area contributed by atoms with E-state index in [0.717, 1.165) is 0 Å². The van der Waals surface area contributed by atoms with Crippen molar-refractivity contribution in [3.63, 3.8) is 0 Å². The van der Waals surface area contributed by atoms with Gasteiger partial charge in [-0.2, -0.15) is 13.2 Å². The highest BCUT2D eigenvalue weighted by atomic mass is 79.9. The number of benzene rings is 1. The first kappa shape index (κ1) is 15.3. The fourth-order valence-corrected chi connectivity index (χ4v) is 3.57. The molecule has 8 heteroatoms. The van der Waals surface area contributed by atoms with E-state index < -0.39 is 26.6 Å². The molecule has 0 aliphatic heterocycles. The minimum Gasteiger partial charge on any atom is -0.497 e. The van der Waals surface area contributed by atoms with Gasteiger partial charge in [0.1, 0.15) is 10.6 Å². The number of methoxy groups -OCH3 is 1. The fraction of sp³-hybridized carbons (Fsp3) is 0.400. The van der Waals surface area contributed by atoms with Crippen LogP contribution in [0.1, 0.15) is 0 Å². The van der Waals surface area contributed by atoms with Crippen molar-refractivity contribution >= 4 is 25.8 Å². The highest BCUT2D eigenvalue weighted by molar-refractivity contribution is 9.09. The standard InChI is InChI=1S/C10H10BrF3O3S/c1-17-7-3-2-4-8(5-7)18(15,16)6-9(11)10(12,13)14/h2-5,9H,6H2,1H3. The smallest absolute Gasteiger partial charge is 0.402 e. The predicted octanol–water partition coefficient (Wildman–Crippen LogP) is 2.79. The summed E-state index contributed by atoms with van der Waals surface area (Å²) in [4.78, 5) is -2.29. The summed E-state index contributed by atoms with van der Waals surface area (Å²) in [7, 11) is -2.68. The zero-order valence-corrected chi connectivity index (χ0v) is 11.6. The van der Waals surface area contributed by atoms with Crippen LogP contribution in [0.4, 0.5) is 13.2 Å². The van der Waals surface area contributed by atoms with Crippen LogP contribution >= 0.6 is 15.9 Å². The van der Waals surface area contributed by atoms with Crippen molar-refractivity contribution in [3.05, 3.63) is 24.3 Å². The molecule has 18 heavy (non-hydrogen) atoms. The predicted molar refractivity (Wildman–Crippen MR) is 63.8 cm³/mol. The molecule has 0 amide bonds. The number of alkyl halides is 4. The lowest BCUT2D eigenvalue weighted by Gasteiger charge is -2.14. The molecule has 0 heterocycles. The molecule has 1 unspecified atom stereocenters. The van der Waals surface area contributed by atoms with Gasteiger partial charge in [0.15, 0.2) is 9.84 Å². The lowest BCUT2D eigenvalue weighted by molar-refractivity contribution is -0.123.